The Bertz CT molecular complexity index is 142. The number of unbranched alkanes of at least 4 members (excludes halogenated alkanes) is 3. The molecule has 1 atom stereocenters. The van der Waals surface area contributed by atoms with Crippen LogP contribution in [0.15, 0.2) is 0 Å². The zero-order valence-corrected chi connectivity index (χ0v) is 12.1. The van der Waals surface area contributed by atoms with Crippen LogP contribution in [0.3, 0.4) is 0 Å². The van der Waals surface area contributed by atoms with E-state index in [4.69, 9.17) is 4.74 Å². The SMILES string of the molecule is CCCCCCOCCCN(C)CC(C)S. The molecule has 0 heterocycles. The molecule has 0 fully saturated rings. The fourth-order valence-electron chi connectivity index (χ4n) is 1.71. The molecule has 0 aromatic rings. The van der Waals surface area contributed by atoms with Gasteiger partial charge in [-0.3, -0.25) is 0 Å². The summed E-state index contributed by atoms with van der Waals surface area (Å²) in [6.45, 7) is 8.37. The first kappa shape index (κ1) is 16.3. The quantitative estimate of drug-likeness (QED) is 0.444. The van der Waals surface area contributed by atoms with E-state index < -0.39 is 0 Å². The second kappa shape index (κ2) is 11.7. The molecule has 98 valence electrons. The number of nitrogens with zero attached hydrogens (tertiary/aromatic N) is 1. The average Bonchev–Trinajstić information content (AvgIpc) is 2.21. The lowest BCUT2D eigenvalue weighted by atomic mass is 10.2. The Morgan fingerprint density at radius 1 is 1.12 bits per heavy atom. The van der Waals surface area contributed by atoms with E-state index in [9.17, 15) is 0 Å². The summed E-state index contributed by atoms with van der Waals surface area (Å²) in [7, 11) is 2.15. The first-order valence-corrected chi connectivity index (χ1v) is 7.12. The maximum Gasteiger partial charge on any atom is 0.0478 e. The van der Waals surface area contributed by atoms with Gasteiger partial charge in [-0.1, -0.05) is 33.1 Å². The molecule has 0 amide bonds. The number of thiol groups is 1. The molecular weight excluding hydrogens is 218 g/mol. The van der Waals surface area contributed by atoms with E-state index in [1.807, 2.05) is 0 Å². The smallest absolute Gasteiger partial charge is 0.0478 e. The Hall–Kier alpha value is 0.270. The molecule has 0 aliphatic rings. The van der Waals surface area contributed by atoms with Gasteiger partial charge in [0.2, 0.25) is 0 Å². The number of hydrogen-bond acceptors (Lipinski definition) is 3. The first-order chi connectivity index (χ1) is 7.66. The molecule has 0 N–H and O–H groups in total. The molecule has 0 spiro atoms. The van der Waals surface area contributed by atoms with Crippen LogP contribution in [0.2, 0.25) is 0 Å². The average molecular weight is 247 g/mol. The highest BCUT2D eigenvalue weighted by Crippen LogP contribution is 2.00. The largest absolute Gasteiger partial charge is 0.381 e. The fraction of sp³-hybridized carbons (Fsp3) is 1.00. The van der Waals surface area contributed by atoms with Gasteiger partial charge in [0.25, 0.3) is 0 Å². The van der Waals surface area contributed by atoms with Crippen LogP contribution in [-0.4, -0.2) is 43.5 Å². The Labute approximate surface area is 107 Å². The minimum atomic E-state index is 0.458. The van der Waals surface area contributed by atoms with Crippen molar-refractivity contribution in [3.8, 4) is 0 Å². The second-order valence-corrected chi connectivity index (χ2v) is 5.52. The molecule has 1 unspecified atom stereocenters. The van der Waals surface area contributed by atoms with Crippen molar-refractivity contribution in [1.82, 2.24) is 4.90 Å². The maximum absolute atomic E-state index is 5.59. The standard InChI is InChI=1S/C13H29NOS/c1-4-5-6-7-10-15-11-8-9-14(3)12-13(2)16/h13,16H,4-12H2,1-3H3. The molecule has 0 radical (unpaired) electrons. The van der Waals surface area contributed by atoms with Crippen molar-refractivity contribution >= 4 is 12.6 Å². The van der Waals surface area contributed by atoms with Gasteiger partial charge in [-0.25, -0.2) is 0 Å². The van der Waals surface area contributed by atoms with Crippen molar-refractivity contribution < 1.29 is 4.74 Å². The molecule has 2 nitrogen and oxygen atoms in total. The van der Waals surface area contributed by atoms with E-state index in [1.54, 1.807) is 0 Å². The van der Waals surface area contributed by atoms with Crippen LogP contribution in [-0.2, 0) is 4.74 Å². The van der Waals surface area contributed by atoms with E-state index in [1.165, 1.54) is 25.7 Å². The fourth-order valence-corrected chi connectivity index (χ4v) is 1.99. The Morgan fingerprint density at radius 2 is 1.81 bits per heavy atom. The summed E-state index contributed by atoms with van der Waals surface area (Å²) in [6, 6.07) is 0. The van der Waals surface area contributed by atoms with Crippen LogP contribution in [0.4, 0.5) is 0 Å². The van der Waals surface area contributed by atoms with Crippen molar-refractivity contribution in [1.29, 1.82) is 0 Å². The molecule has 0 saturated heterocycles. The van der Waals surface area contributed by atoms with Crippen LogP contribution >= 0.6 is 12.6 Å². The van der Waals surface area contributed by atoms with Gasteiger partial charge in [-0.15, -0.1) is 0 Å². The van der Waals surface area contributed by atoms with Gasteiger partial charge < -0.3 is 9.64 Å². The van der Waals surface area contributed by atoms with Crippen molar-refractivity contribution in [2.24, 2.45) is 0 Å². The summed E-state index contributed by atoms with van der Waals surface area (Å²) in [6.07, 6.45) is 6.30. The predicted molar refractivity (Wildman–Crippen MR) is 75.5 cm³/mol. The third-order valence-electron chi connectivity index (χ3n) is 2.55. The summed E-state index contributed by atoms with van der Waals surface area (Å²) in [5.74, 6) is 0. The lowest BCUT2D eigenvalue weighted by Gasteiger charge is -2.18. The van der Waals surface area contributed by atoms with Crippen LogP contribution in [0, 0.1) is 0 Å². The van der Waals surface area contributed by atoms with Gasteiger partial charge in [0.05, 0.1) is 0 Å². The minimum Gasteiger partial charge on any atom is -0.381 e. The molecule has 16 heavy (non-hydrogen) atoms. The monoisotopic (exact) mass is 247 g/mol. The molecule has 0 aliphatic heterocycles. The van der Waals surface area contributed by atoms with Crippen molar-refractivity contribution in [3.63, 3.8) is 0 Å². The molecule has 0 aromatic heterocycles. The first-order valence-electron chi connectivity index (χ1n) is 6.61. The summed E-state index contributed by atoms with van der Waals surface area (Å²) in [5.41, 5.74) is 0. The Kier molecular flexibility index (Phi) is 11.9. The highest BCUT2D eigenvalue weighted by atomic mass is 32.1. The molecule has 0 aliphatic carbocycles. The Balaban J connectivity index is 3.08. The van der Waals surface area contributed by atoms with Crippen LogP contribution in [0.5, 0.6) is 0 Å². The van der Waals surface area contributed by atoms with Gasteiger partial charge in [-0.2, -0.15) is 12.6 Å². The maximum atomic E-state index is 5.59. The lowest BCUT2D eigenvalue weighted by molar-refractivity contribution is 0.120. The van der Waals surface area contributed by atoms with E-state index in [0.29, 0.717) is 5.25 Å². The zero-order chi connectivity index (χ0) is 12.2. The summed E-state index contributed by atoms with van der Waals surface area (Å²) in [4.78, 5) is 2.32. The third kappa shape index (κ3) is 12.3. The third-order valence-corrected chi connectivity index (χ3v) is 2.71. The molecule has 3 heteroatoms. The number of ether oxygens (including phenoxy) is 1. The molecule has 0 bridgehead atoms. The highest BCUT2D eigenvalue weighted by molar-refractivity contribution is 7.80. The van der Waals surface area contributed by atoms with E-state index in [-0.39, 0.29) is 0 Å². The minimum absolute atomic E-state index is 0.458. The lowest BCUT2D eigenvalue weighted by Crippen LogP contribution is -2.26. The van der Waals surface area contributed by atoms with Crippen LogP contribution < -0.4 is 0 Å². The molecule has 0 aromatic carbocycles. The number of rotatable bonds is 11. The van der Waals surface area contributed by atoms with Gasteiger partial charge in [0.1, 0.15) is 0 Å². The summed E-state index contributed by atoms with van der Waals surface area (Å²) >= 11 is 4.38. The Morgan fingerprint density at radius 3 is 2.44 bits per heavy atom. The van der Waals surface area contributed by atoms with E-state index >= 15 is 0 Å². The van der Waals surface area contributed by atoms with Crippen molar-refractivity contribution in [2.45, 2.75) is 51.2 Å². The van der Waals surface area contributed by atoms with Crippen molar-refractivity contribution in [3.05, 3.63) is 0 Å². The zero-order valence-electron chi connectivity index (χ0n) is 11.2. The highest BCUT2D eigenvalue weighted by Gasteiger charge is 2.01. The topological polar surface area (TPSA) is 12.5 Å². The molecular formula is C13H29NOS. The van der Waals surface area contributed by atoms with E-state index in [0.717, 1.165) is 32.7 Å². The summed E-state index contributed by atoms with van der Waals surface area (Å²) in [5, 5.41) is 0.458. The van der Waals surface area contributed by atoms with Gasteiger partial charge in [0, 0.05) is 31.6 Å². The normalized spacial score (nSPS) is 13.3. The molecule has 0 rings (SSSR count). The molecule has 0 saturated carbocycles. The van der Waals surface area contributed by atoms with Gasteiger partial charge in [0.15, 0.2) is 0 Å². The van der Waals surface area contributed by atoms with Gasteiger partial charge in [-0.05, 0) is 19.9 Å². The van der Waals surface area contributed by atoms with Crippen LogP contribution in [0.1, 0.15) is 46.0 Å². The summed E-state index contributed by atoms with van der Waals surface area (Å²) < 4.78 is 5.59. The van der Waals surface area contributed by atoms with E-state index in [2.05, 4.69) is 38.4 Å². The van der Waals surface area contributed by atoms with Crippen LogP contribution in [0.25, 0.3) is 0 Å². The predicted octanol–water partition coefficient (Wildman–Crippen LogP) is 3.22. The van der Waals surface area contributed by atoms with Gasteiger partial charge >= 0.3 is 0 Å². The number of hydrogen-bond donors (Lipinski definition) is 1. The van der Waals surface area contributed by atoms with Crippen molar-refractivity contribution in [2.75, 3.05) is 33.4 Å². The second-order valence-electron chi connectivity index (χ2n) is 4.64.